The van der Waals surface area contributed by atoms with Gasteiger partial charge in [0, 0.05) is 45.0 Å². The summed E-state index contributed by atoms with van der Waals surface area (Å²) in [6.07, 6.45) is 1.86. The molecule has 1 aliphatic carbocycles. The molecule has 0 amide bonds. The van der Waals surface area contributed by atoms with Crippen LogP contribution >= 0.6 is 0 Å². The Labute approximate surface area is 313 Å². The molecule has 252 valence electrons. The molecule has 0 radical (unpaired) electrons. The molecule has 4 heteroatoms. The van der Waals surface area contributed by atoms with Crippen LogP contribution in [0.2, 0.25) is 0 Å². The monoisotopic (exact) mass is 689 g/mol. The fourth-order valence-corrected chi connectivity index (χ4v) is 8.64. The van der Waals surface area contributed by atoms with Crippen LogP contribution in [0.4, 0.5) is 0 Å². The molecule has 0 fully saturated rings. The normalized spacial score (nSPS) is 13.1. The number of benzene rings is 7. The zero-order valence-corrected chi connectivity index (χ0v) is 29.1. The summed E-state index contributed by atoms with van der Waals surface area (Å²) >= 11 is 0. The summed E-state index contributed by atoms with van der Waals surface area (Å²) in [5, 5.41) is 1.10. The molecule has 2 aromatic heterocycles. The number of fused-ring (bicyclic) bond motifs is 10. The molecule has 4 nitrogen and oxygen atoms in total. The van der Waals surface area contributed by atoms with E-state index in [-0.39, 0.29) is 0 Å². The van der Waals surface area contributed by atoms with Crippen molar-refractivity contribution in [3.8, 4) is 67.7 Å². The van der Waals surface area contributed by atoms with Crippen molar-refractivity contribution in [1.29, 1.82) is 0 Å². The van der Waals surface area contributed by atoms with Gasteiger partial charge in [-0.3, -0.25) is 4.98 Å². The molecule has 0 atom stereocenters. The Bertz CT molecular complexity index is 2810. The molecule has 7 aromatic carbocycles. The van der Waals surface area contributed by atoms with Crippen molar-refractivity contribution in [3.63, 3.8) is 0 Å². The lowest BCUT2D eigenvalue weighted by molar-refractivity contribution is 0.437. The third-order valence-electron chi connectivity index (χ3n) is 11.0. The molecule has 1 aliphatic heterocycles. The van der Waals surface area contributed by atoms with Gasteiger partial charge in [-0.05, 0) is 52.1 Å². The lowest BCUT2D eigenvalue weighted by atomic mass is 9.66. The van der Waals surface area contributed by atoms with E-state index in [2.05, 4.69) is 140 Å². The summed E-state index contributed by atoms with van der Waals surface area (Å²) in [5.74, 6) is 2.31. The molecule has 0 N–H and O–H groups in total. The largest absolute Gasteiger partial charge is 0.457 e. The van der Waals surface area contributed by atoms with E-state index >= 15 is 0 Å². The van der Waals surface area contributed by atoms with Crippen LogP contribution in [0.3, 0.4) is 0 Å². The van der Waals surface area contributed by atoms with Crippen LogP contribution in [0.25, 0.3) is 67.1 Å². The molecule has 1 spiro atoms. The lowest BCUT2D eigenvalue weighted by Crippen LogP contribution is -2.32. The third-order valence-corrected chi connectivity index (χ3v) is 11.0. The predicted octanol–water partition coefficient (Wildman–Crippen LogP) is 12.2. The smallest absolute Gasteiger partial charge is 0.160 e. The fraction of sp³-hybridized carbons (Fsp3) is 0.0200. The van der Waals surface area contributed by atoms with Gasteiger partial charge in [-0.1, -0.05) is 158 Å². The Morgan fingerprint density at radius 2 is 0.944 bits per heavy atom. The maximum atomic E-state index is 7.10. The summed E-state index contributed by atoms with van der Waals surface area (Å²) in [6.45, 7) is 0. The van der Waals surface area contributed by atoms with Crippen LogP contribution < -0.4 is 4.74 Å². The van der Waals surface area contributed by atoms with Crippen LogP contribution in [-0.4, -0.2) is 15.0 Å². The standard InChI is InChI=1S/C50H31N3O/c1-3-13-32(14-4-1)44-31-45(53-49(52-44)34-15-5-2-6-16-34)36-25-27-43-47(30-36)54-46-29-35(37-21-11-17-33-18-12-28-51-48(33)37)24-26-42(46)50(43)40-22-9-7-19-38(40)39-20-8-10-23-41(39)50/h1-31H. The highest BCUT2D eigenvalue weighted by molar-refractivity contribution is 5.95. The zero-order valence-electron chi connectivity index (χ0n) is 29.1. The van der Waals surface area contributed by atoms with Crippen molar-refractivity contribution in [1.82, 2.24) is 15.0 Å². The maximum Gasteiger partial charge on any atom is 0.160 e. The van der Waals surface area contributed by atoms with Crippen molar-refractivity contribution in [2.45, 2.75) is 5.41 Å². The Hall–Kier alpha value is -7.17. The van der Waals surface area contributed by atoms with Crippen LogP contribution in [0, 0.1) is 0 Å². The number of hydrogen-bond donors (Lipinski definition) is 0. The van der Waals surface area contributed by atoms with Crippen molar-refractivity contribution in [2.75, 3.05) is 0 Å². The molecule has 3 heterocycles. The predicted molar refractivity (Wildman–Crippen MR) is 216 cm³/mol. The average Bonchev–Trinajstić information content (AvgIpc) is 3.54. The van der Waals surface area contributed by atoms with E-state index in [1.807, 2.05) is 48.7 Å². The number of hydrogen-bond acceptors (Lipinski definition) is 4. The molecule has 11 rings (SSSR count). The van der Waals surface area contributed by atoms with Gasteiger partial charge in [0.05, 0.1) is 22.3 Å². The van der Waals surface area contributed by atoms with E-state index in [0.29, 0.717) is 5.82 Å². The molecule has 2 aliphatic rings. The summed E-state index contributed by atoms with van der Waals surface area (Å²) in [4.78, 5) is 15.0. The molecule has 0 saturated carbocycles. The first-order valence-corrected chi connectivity index (χ1v) is 18.3. The minimum Gasteiger partial charge on any atom is -0.457 e. The number of para-hydroxylation sites is 1. The topological polar surface area (TPSA) is 47.9 Å². The Morgan fingerprint density at radius 1 is 0.389 bits per heavy atom. The SMILES string of the molecule is c1ccc(-c2cc(-c3ccc4c(c3)Oc3cc(-c5cccc6cccnc56)ccc3C43c4ccccc4-c4ccccc43)nc(-c3ccccc3)n2)cc1. The Balaban J connectivity index is 1.15. The van der Waals surface area contributed by atoms with E-state index in [1.54, 1.807) is 0 Å². The second-order valence-electron chi connectivity index (χ2n) is 13.9. The maximum absolute atomic E-state index is 7.10. The second-order valence-corrected chi connectivity index (χ2v) is 13.9. The zero-order chi connectivity index (χ0) is 35.6. The van der Waals surface area contributed by atoms with Crippen molar-refractivity contribution in [2.24, 2.45) is 0 Å². The highest BCUT2D eigenvalue weighted by Gasteiger charge is 2.51. The number of ether oxygens (including phenoxy) is 1. The quantitative estimate of drug-likeness (QED) is 0.185. The van der Waals surface area contributed by atoms with Gasteiger partial charge in [-0.2, -0.15) is 0 Å². The molecular formula is C50H31N3O. The summed E-state index contributed by atoms with van der Waals surface area (Å²) < 4.78 is 7.10. The van der Waals surface area contributed by atoms with Gasteiger partial charge in [0.25, 0.3) is 0 Å². The molecule has 0 saturated heterocycles. The van der Waals surface area contributed by atoms with Crippen LogP contribution in [0.15, 0.2) is 188 Å². The van der Waals surface area contributed by atoms with Gasteiger partial charge < -0.3 is 4.74 Å². The van der Waals surface area contributed by atoms with Crippen LogP contribution in [-0.2, 0) is 5.41 Å². The Kier molecular flexibility index (Phi) is 6.73. The molecule has 9 aromatic rings. The highest BCUT2D eigenvalue weighted by atomic mass is 16.5. The van der Waals surface area contributed by atoms with Gasteiger partial charge in [0.2, 0.25) is 0 Å². The van der Waals surface area contributed by atoms with E-state index in [0.717, 1.165) is 72.7 Å². The van der Waals surface area contributed by atoms with Crippen LogP contribution in [0.1, 0.15) is 22.3 Å². The second kappa shape index (κ2) is 11.9. The van der Waals surface area contributed by atoms with Gasteiger partial charge in [0.15, 0.2) is 5.82 Å². The van der Waals surface area contributed by atoms with E-state index in [1.165, 1.54) is 22.3 Å². The van der Waals surface area contributed by atoms with E-state index in [4.69, 9.17) is 19.7 Å². The number of pyridine rings is 1. The number of aromatic nitrogens is 3. The fourth-order valence-electron chi connectivity index (χ4n) is 8.64. The van der Waals surface area contributed by atoms with Gasteiger partial charge >= 0.3 is 0 Å². The molecule has 0 bridgehead atoms. The van der Waals surface area contributed by atoms with Gasteiger partial charge in [-0.15, -0.1) is 0 Å². The average molecular weight is 690 g/mol. The van der Waals surface area contributed by atoms with Gasteiger partial charge in [0.1, 0.15) is 11.5 Å². The summed E-state index contributed by atoms with van der Waals surface area (Å²) in [6, 6.07) is 64.0. The first-order valence-electron chi connectivity index (χ1n) is 18.3. The Morgan fingerprint density at radius 3 is 1.65 bits per heavy atom. The van der Waals surface area contributed by atoms with E-state index < -0.39 is 5.41 Å². The van der Waals surface area contributed by atoms with Gasteiger partial charge in [-0.25, -0.2) is 9.97 Å². The first kappa shape index (κ1) is 30.5. The number of rotatable bonds is 4. The lowest BCUT2D eigenvalue weighted by Gasteiger charge is -2.39. The third kappa shape index (κ3) is 4.53. The summed E-state index contributed by atoms with van der Waals surface area (Å²) in [5.41, 5.74) is 14.4. The minimum atomic E-state index is -0.583. The number of nitrogens with zero attached hydrogens (tertiary/aromatic N) is 3. The highest BCUT2D eigenvalue weighted by Crippen LogP contribution is 2.62. The first-order chi connectivity index (χ1) is 26.8. The molecule has 0 unspecified atom stereocenters. The van der Waals surface area contributed by atoms with Crippen molar-refractivity contribution in [3.05, 3.63) is 210 Å². The minimum absolute atomic E-state index is 0.583. The van der Waals surface area contributed by atoms with Crippen molar-refractivity contribution >= 4 is 10.9 Å². The molecule has 54 heavy (non-hydrogen) atoms. The molecular weight excluding hydrogens is 659 g/mol. The van der Waals surface area contributed by atoms with Crippen LogP contribution in [0.5, 0.6) is 11.5 Å². The van der Waals surface area contributed by atoms with E-state index in [9.17, 15) is 0 Å². The summed E-state index contributed by atoms with van der Waals surface area (Å²) in [7, 11) is 0. The van der Waals surface area contributed by atoms with Crippen molar-refractivity contribution < 1.29 is 4.74 Å².